The molecule has 0 aliphatic heterocycles. The Morgan fingerprint density at radius 2 is 2.00 bits per heavy atom. The largest absolute Gasteiger partial charge is 0.481 e. The van der Waals surface area contributed by atoms with Crippen LogP contribution in [0.3, 0.4) is 0 Å². The molecule has 3 heteroatoms. The SMILES string of the molecule is CCC1(C(=O)O)CC2(CCCCC2)CC1N. The molecule has 3 N–H and O–H groups in total. The van der Waals surface area contributed by atoms with Gasteiger partial charge in [-0.05, 0) is 37.5 Å². The molecule has 2 fully saturated rings. The quantitative estimate of drug-likeness (QED) is 0.759. The maximum absolute atomic E-state index is 11.5. The molecule has 0 saturated heterocycles. The lowest BCUT2D eigenvalue weighted by molar-refractivity contribution is -0.150. The molecule has 0 aromatic heterocycles. The van der Waals surface area contributed by atoms with Crippen LogP contribution in [0.15, 0.2) is 0 Å². The molecule has 2 aliphatic carbocycles. The summed E-state index contributed by atoms with van der Waals surface area (Å²) in [6, 6.07) is -0.145. The highest BCUT2D eigenvalue weighted by Gasteiger charge is 2.56. The van der Waals surface area contributed by atoms with Crippen molar-refractivity contribution < 1.29 is 9.90 Å². The van der Waals surface area contributed by atoms with Gasteiger partial charge in [0, 0.05) is 6.04 Å². The molecule has 92 valence electrons. The van der Waals surface area contributed by atoms with Crippen molar-refractivity contribution in [1.29, 1.82) is 0 Å². The molecule has 2 atom stereocenters. The number of aliphatic carboxylic acids is 1. The number of hydrogen-bond donors (Lipinski definition) is 2. The zero-order chi connectivity index (χ0) is 11.8. The second-order valence-electron chi connectivity index (χ2n) is 5.86. The summed E-state index contributed by atoms with van der Waals surface area (Å²) in [7, 11) is 0. The van der Waals surface area contributed by atoms with Gasteiger partial charge in [0.1, 0.15) is 0 Å². The number of nitrogens with two attached hydrogens (primary N) is 1. The van der Waals surface area contributed by atoms with E-state index in [9.17, 15) is 9.90 Å². The van der Waals surface area contributed by atoms with Crippen LogP contribution in [0.5, 0.6) is 0 Å². The van der Waals surface area contributed by atoms with Gasteiger partial charge in [-0.1, -0.05) is 26.2 Å². The highest BCUT2D eigenvalue weighted by Crippen LogP contribution is 2.57. The molecule has 16 heavy (non-hydrogen) atoms. The Balaban J connectivity index is 2.22. The summed E-state index contributed by atoms with van der Waals surface area (Å²) in [6.45, 7) is 1.97. The Bertz CT molecular complexity index is 284. The zero-order valence-corrected chi connectivity index (χ0v) is 10.2. The molecular weight excluding hydrogens is 202 g/mol. The molecule has 0 heterocycles. The molecule has 0 amide bonds. The smallest absolute Gasteiger partial charge is 0.311 e. The highest BCUT2D eigenvalue weighted by atomic mass is 16.4. The van der Waals surface area contributed by atoms with Gasteiger partial charge in [0.05, 0.1) is 5.41 Å². The van der Waals surface area contributed by atoms with Gasteiger partial charge in [0.25, 0.3) is 0 Å². The van der Waals surface area contributed by atoms with E-state index in [4.69, 9.17) is 5.73 Å². The van der Waals surface area contributed by atoms with E-state index < -0.39 is 11.4 Å². The van der Waals surface area contributed by atoms with E-state index in [1.807, 2.05) is 6.92 Å². The van der Waals surface area contributed by atoms with Crippen LogP contribution in [0, 0.1) is 10.8 Å². The molecule has 2 aliphatic rings. The predicted molar refractivity (Wildman–Crippen MR) is 63.1 cm³/mol. The minimum Gasteiger partial charge on any atom is -0.481 e. The molecule has 2 saturated carbocycles. The first-order valence-electron chi connectivity index (χ1n) is 6.54. The van der Waals surface area contributed by atoms with Crippen molar-refractivity contribution in [1.82, 2.24) is 0 Å². The number of carbonyl (C=O) groups is 1. The Hall–Kier alpha value is -0.570. The fraction of sp³-hybridized carbons (Fsp3) is 0.923. The Kier molecular flexibility index (Phi) is 2.99. The number of rotatable bonds is 2. The van der Waals surface area contributed by atoms with E-state index in [-0.39, 0.29) is 11.5 Å². The van der Waals surface area contributed by atoms with Gasteiger partial charge >= 0.3 is 5.97 Å². The fourth-order valence-corrected chi connectivity index (χ4v) is 3.99. The summed E-state index contributed by atoms with van der Waals surface area (Å²) in [5.41, 5.74) is 5.76. The van der Waals surface area contributed by atoms with Crippen molar-refractivity contribution in [2.75, 3.05) is 0 Å². The van der Waals surface area contributed by atoms with E-state index in [0.717, 1.165) is 12.8 Å². The van der Waals surface area contributed by atoms with Crippen LogP contribution in [-0.4, -0.2) is 17.1 Å². The van der Waals surface area contributed by atoms with Gasteiger partial charge in [-0.2, -0.15) is 0 Å². The van der Waals surface area contributed by atoms with Crippen molar-refractivity contribution in [2.45, 2.75) is 64.3 Å². The molecule has 1 spiro atoms. The second kappa shape index (κ2) is 4.02. The van der Waals surface area contributed by atoms with Crippen LogP contribution >= 0.6 is 0 Å². The van der Waals surface area contributed by atoms with Crippen molar-refractivity contribution in [3.63, 3.8) is 0 Å². The average Bonchev–Trinajstić information content (AvgIpc) is 2.53. The van der Waals surface area contributed by atoms with Crippen LogP contribution in [0.2, 0.25) is 0 Å². The topological polar surface area (TPSA) is 63.3 Å². The lowest BCUT2D eigenvalue weighted by atomic mass is 9.70. The van der Waals surface area contributed by atoms with E-state index in [1.54, 1.807) is 0 Å². The van der Waals surface area contributed by atoms with Gasteiger partial charge in [-0.25, -0.2) is 0 Å². The fourth-order valence-electron chi connectivity index (χ4n) is 3.99. The first-order valence-corrected chi connectivity index (χ1v) is 6.54. The first kappa shape index (κ1) is 11.9. The van der Waals surface area contributed by atoms with Gasteiger partial charge < -0.3 is 10.8 Å². The third-order valence-electron chi connectivity index (χ3n) is 5.02. The predicted octanol–water partition coefficient (Wildman–Crippen LogP) is 2.54. The standard InChI is InChI=1S/C13H23NO2/c1-2-13(11(15)16)9-12(8-10(13)14)6-4-3-5-7-12/h10H,2-9,14H2,1H3,(H,15,16). The summed E-state index contributed by atoms with van der Waals surface area (Å²) in [6.07, 6.45) is 8.61. The van der Waals surface area contributed by atoms with Crippen LogP contribution in [0.25, 0.3) is 0 Å². The van der Waals surface area contributed by atoms with Gasteiger partial charge in [0.15, 0.2) is 0 Å². The van der Waals surface area contributed by atoms with Crippen molar-refractivity contribution >= 4 is 5.97 Å². The van der Waals surface area contributed by atoms with Gasteiger partial charge in [-0.15, -0.1) is 0 Å². The summed E-state index contributed by atoms with van der Waals surface area (Å²) >= 11 is 0. The van der Waals surface area contributed by atoms with Gasteiger partial charge in [-0.3, -0.25) is 4.79 Å². The maximum Gasteiger partial charge on any atom is 0.311 e. The summed E-state index contributed by atoms with van der Waals surface area (Å²) in [4.78, 5) is 11.5. The third-order valence-corrected chi connectivity index (χ3v) is 5.02. The van der Waals surface area contributed by atoms with Crippen LogP contribution in [-0.2, 0) is 4.79 Å². The van der Waals surface area contributed by atoms with E-state index in [2.05, 4.69) is 0 Å². The van der Waals surface area contributed by atoms with E-state index in [1.165, 1.54) is 32.1 Å². The number of carboxylic acids is 1. The monoisotopic (exact) mass is 225 g/mol. The lowest BCUT2D eigenvalue weighted by Crippen LogP contribution is -2.43. The molecule has 2 rings (SSSR count). The van der Waals surface area contributed by atoms with Crippen LogP contribution in [0.1, 0.15) is 58.3 Å². The van der Waals surface area contributed by atoms with Crippen molar-refractivity contribution in [3.8, 4) is 0 Å². The van der Waals surface area contributed by atoms with Crippen molar-refractivity contribution in [3.05, 3.63) is 0 Å². The van der Waals surface area contributed by atoms with E-state index >= 15 is 0 Å². The minimum atomic E-state index is -0.676. The summed E-state index contributed by atoms with van der Waals surface area (Å²) in [5, 5.41) is 9.47. The third kappa shape index (κ3) is 1.65. The van der Waals surface area contributed by atoms with Gasteiger partial charge in [0.2, 0.25) is 0 Å². The molecule has 0 bridgehead atoms. The molecular formula is C13H23NO2. The Morgan fingerprint density at radius 1 is 1.38 bits per heavy atom. The zero-order valence-electron chi connectivity index (χ0n) is 10.2. The second-order valence-corrected chi connectivity index (χ2v) is 5.86. The number of carboxylic acid groups (broad SMARTS) is 1. The highest BCUT2D eigenvalue weighted by molar-refractivity contribution is 5.76. The lowest BCUT2D eigenvalue weighted by Gasteiger charge is -2.35. The molecule has 0 aromatic rings. The minimum absolute atomic E-state index is 0.145. The van der Waals surface area contributed by atoms with Crippen molar-refractivity contribution in [2.24, 2.45) is 16.6 Å². The molecule has 3 nitrogen and oxygen atoms in total. The Morgan fingerprint density at radius 3 is 2.44 bits per heavy atom. The first-order chi connectivity index (χ1) is 7.55. The normalized spacial score (nSPS) is 37.8. The Labute approximate surface area is 97.4 Å². The summed E-state index contributed by atoms with van der Waals surface area (Å²) in [5.74, 6) is -0.676. The molecule has 2 unspecified atom stereocenters. The number of hydrogen-bond acceptors (Lipinski definition) is 2. The van der Waals surface area contributed by atoms with Crippen LogP contribution < -0.4 is 5.73 Å². The van der Waals surface area contributed by atoms with E-state index in [0.29, 0.717) is 6.42 Å². The summed E-state index contributed by atoms with van der Waals surface area (Å²) < 4.78 is 0. The maximum atomic E-state index is 11.5. The average molecular weight is 225 g/mol. The molecule has 0 radical (unpaired) electrons. The molecule has 0 aromatic carbocycles. The van der Waals surface area contributed by atoms with Crippen LogP contribution in [0.4, 0.5) is 0 Å².